The van der Waals surface area contributed by atoms with Crippen LogP contribution in [0.2, 0.25) is 0 Å². The van der Waals surface area contributed by atoms with Crippen LogP contribution in [0.15, 0.2) is 41.6 Å². The Hall–Kier alpha value is -2.23. The highest BCUT2D eigenvalue weighted by molar-refractivity contribution is 6.11. The second-order valence-electron chi connectivity index (χ2n) is 6.58. The molecular weight excluding hydrogens is 262 g/mol. The van der Waals surface area contributed by atoms with Gasteiger partial charge in [0.15, 0.2) is 5.84 Å². The summed E-state index contributed by atoms with van der Waals surface area (Å²) < 4.78 is 0. The Morgan fingerprint density at radius 3 is 2.33 bits per heavy atom. The standard InChI is InChI=1S/C17H23N3O/c1-17(2,3)11-20(4)15-10-9-14(16(18)19-21)12-7-5-6-8-13(12)15/h5-10,21H,11H2,1-4H3,(H2,18,19). The molecule has 4 heteroatoms. The maximum atomic E-state index is 8.93. The van der Waals surface area contributed by atoms with E-state index >= 15 is 0 Å². The van der Waals surface area contributed by atoms with Gasteiger partial charge in [0, 0.05) is 30.2 Å². The van der Waals surface area contributed by atoms with E-state index in [1.807, 2.05) is 30.3 Å². The normalized spacial score (nSPS) is 12.7. The molecule has 4 nitrogen and oxygen atoms in total. The summed E-state index contributed by atoms with van der Waals surface area (Å²) in [6.07, 6.45) is 0. The van der Waals surface area contributed by atoms with E-state index in [1.165, 1.54) is 0 Å². The molecule has 2 aromatic carbocycles. The number of hydrogen-bond donors (Lipinski definition) is 2. The monoisotopic (exact) mass is 285 g/mol. The van der Waals surface area contributed by atoms with E-state index in [0.29, 0.717) is 0 Å². The van der Waals surface area contributed by atoms with Crippen molar-refractivity contribution in [3.05, 3.63) is 42.0 Å². The number of benzene rings is 2. The lowest BCUT2D eigenvalue weighted by atomic mass is 9.95. The number of nitrogens with two attached hydrogens (primary N) is 1. The molecule has 0 heterocycles. The first-order chi connectivity index (χ1) is 9.83. The summed E-state index contributed by atoms with van der Waals surface area (Å²) in [6.45, 7) is 7.60. The summed E-state index contributed by atoms with van der Waals surface area (Å²) in [5.74, 6) is 0.135. The molecule has 0 aliphatic carbocycles. The maximum absolute atomic E-state index is 8.93. The SMILES string of the molecule is CN(CC(C)(C)C)c1ccc(/C(N)=N/O)c2ccccc12. The summed E-state index contributed by atoms with van der Waals surface area (Å²) in [5, 5.41) is 14.2. The smallest absolute Gasteiger partial charge is 0.170 e. The Bertz CT molecular complexity index is 671. The fourth-order valence-corrected chi connectivity index (χ4v) is 2.69. The summed E-state index contributed by atoms with van der Waals surface area (Å²) in [7, 11) is 2.09. The molecule has 21 heavy (non-hydrogen) atoms. The number of hydrogen-bond acceptors (Lipinski definition) is 3. The van der Waals surface area contributed by atoms with Gasteiger partial charge in [0.1, 0.15) is 0 Å². The zero-order chi connectivity index (χ0) is 15.6. The van der Waals surface area contributed by atoms with Crippen molar-refractivity contribution in [2.24, 2.45) is 16.3 Å². The molecule has 112 valence electrons. The Morgan fingerprint density at radius 1 is 1.14 bits per heavy atom. The predicted molar refractivity (Wildman–Crippen MR) is 89.2 cm³/mol. The molecule has 0 aliphatic heterocycles. The van der Waals surface area contributed by atoms with Gasteiger partial charge in [-0.2, -0.15) is 0 Å². The van der Waals surface area contributed by atoms with Crippen LogP contribution in [0.1, 0.15) is 26.3 Å². The van der Waals surface area contributed by atoms with Crippen LogP contribution in [0.4, 0.5) is 5.69 Å². The largest absolute Gasteiger partial charge is 0.409 e. The third kappa shape index (κ3) is 3.27. The third-order valence-corrected chi connectivity index (χ3v) is 3.41. The second-order valence-corrected chi connectivity index (χ2v) is 6.58. The van der Waals surface area contributed by atoms with Crippen LogP contribution in [0.25, 0.3) is 10.8 Å². The lowest BCUT2D eigenvalue weighted by Crippen LogP contribution is -2.29. The van der Waals surface area contributed by atoms with Crippen LogP contribution in [-0.4, -0.2) is 24.6 Å². The van der Waals surface area contributed by atoms with Gasteiger partial charge in [-0.1, -0.05) is 50.2 Å². The summed E-state index contributed by atoms with van der Waals surface area (Å²) in [5.41, 5.74) is 7.88. The molecule has 0 atom stereocenters. The quantitative estimate of drug-likeness (QED) is 0.393. The van der Waals surface area contributed by atoms with E-state index in [1.54, 1.807) is 0 Å². The van der Waals surface area contributed by atoms with Crippen molar-refractivity contribution in [3.8, 4) is 0 Å². The Labute approximate surface area is 125 Å². The molecule has 0 fully saturated rings. The lowest BCUT2D eigenvalue weighted by molar-refractivity contribution is 0.318. The molecule has 0 spiro atoms. The number of amidine groups is 1. The van der Waals surface area contributed by atoms with Crippen LogP contribution in [0.5, 0.6) is 0 Å². The minimum Gasteiger partial charge on any atom is -0.409 e. The molecule has 0 amide bonds. The zero-order valence-electron chi connectivity index (χ0n) is 13.1. The summed E-state index contributed by atoms with van der Waals surface area (Å²) >= 11 is 0. The number of anilines is 1. The van der Waals surface area contributed by atoms with Crippen LogP contribution in [0, 0.1) is 5.41 Å². The highest BCUT2D eigenvalue weighted by Crippen LogP contribution is 2.30. The maximum Gasteiger partial charge on any atom is 0.170 e. The van der Waals surface area contributed by atoms with E-state index in [9.17, 15) is 0 Å². The van der Waals surface area contributed by atoms with Gasteiger partial charge in [-0.05, 0) is 22.9 Å². The van der Waals surface area contributed by atoms with Gasteiger partial charge in [0.25, 0.3) is 0 Å². The molecular formula is C17H23N3O. The average Bonchev–Trinajstić information content (AvgIpc) is 2.43. The van der Waals surface area contributed by atoms with Gasteiger partial charge in [-0.15, -0.1) is 0 Å². The van der Waals surface area contributed by atoms with Gasteiger partial charge in [0.2, 0.25) is 0 Å². The van der Waals surface area contributed by atoms with Crippen molar-refractivity contribution in [3.63, 3.8) is 0 Å². The molecule has 2 rings (SSSR count). The van der Waals surface area contributed by atoms with Gasteiger partial charge >= 0.3 is 0 Å². The molecule has 0 bridgehead atoms. The molecule has 0 radical (unpaired) electrons. The molecule has 0 aromatic heterocycles. The Morgan fingerprint density at radius 2 is 1.76 bits per heavy atom. The average molecular weight is 285 g/mol. The predicted octanol–water partition coefficient (Wildman–Crippen LogP) is 3.42. The van der Waals surface area contributed by atoms with Crippen LogP contribution < -0.4 is 10.6 Å². The van der Waals surface area contributed by atoms with E-state index in [0.717, 1.165) is 28.6 Å². The summed E-state index contributed by atoms with van der Waals surface area (Å²) in [6, 6.07) is 12.0. The van der Waals surface area contributed by atoms with Crippen molar-refractivity contribution >= 4 is 22.3 Å². The van der Waals surface area contributed by atoms with Crippen LogP contribution in [-0.2, 0) is 0 Å². The number of fused-ring (bicyclic) bond motifs is 1. The number of oxime groups is 1. The zero-order valence-corrected chi connectivity index (χ0v) is 13.1. The molecule has 0 unspecified atom stereocenters. The molecule has 3 N–H and O–H groups in total. The molecule has 0 saturated heterocycles. The fourth-order valence-electron chi connectivity index (χ4n) is 2.69. The first-order valence-corrected chi connectivity index (χ1v) is 7.04. The summed E-state index contributed by atoms with van der Waals surface area (Å²) in [4.78, 5) is 2.25. The Balaban J connectivity index is 2.58. The fraction of sp³-hybridized carbons (Fsp3) is 0.353. The van der Waals surface area contributed by atoms with Gasteiger partial charge in [-0.25, -0.2) is 0 Å². The van der Waals surface area contributed by atoms with Crippen molar-refractivity contribution in [2.45, 2.75) is 20.8 Å². The molecule has 0 saturated carbocycles. The minimum atomic E-state index is 0.135. The first kappa shape index (κ1) is 15.2. The van der Waals surface area contributed by atoms with E-state index in [4.69, 9.17) is 10.9 Å². The molecule has 0 aliphatic rings. The highest BCUT2D eigenvalue weighted by Gasteiger charge is 2.17. The third-order valence-electron chi connectivity index (χ3n) is 3.41. The van der Waals surface area contributed by atoms with Crippen molar-refractivity contribution in [2.75, 3.05) is 18.5 Å². The minimum absolute atomic E-state index is 0.135. The van der Waals surface area contributed by atoms with E-state index in [-0.39, 0.29) is 11.3 Å². The highest BCUT2D eigenvalue weighted by atomic mass is 16.4. The first-order valence-electron chi connectivity index (χ1n) is 7.04. The molecule has 2 aromatic rings. The van der Waals surface area contributed by atoms with Crippen LogP contribution in [0.3, 0.4) is 0 Å². The second kappa shape index (κ2) is 5.64. The van der Waals surface area contributed by atoms with E-state index in [2.05, 4.69) is 43.9 Å². The van der Waals surface area contributed by atoms with Gasteiger partial charge in [-0.3, -0.25) is 0 Å². The van der Waals surface area contributed by atoms with Crippen molar-refractivity contribution in [1.82, 2.24) is 0 Å². The number of nitrogens with zero attached hydrogens (tertiary/aromatic N) is 2. The Kier molecular flexibility index (Phi) is 4.07. The topological polar surface area (TPSA) is 61.8 Å². The van der Waals surface area contributed by atoms with Gasteiger partial charge < -0.3 is 15.8 Å². The van der Waals surface area contributed by atoms with E-state index < -0.39 is 0 Å². The van der Waals surface area contributed by atoms with Gasteiger partial charge in [0.05, 0.1) is 0 Å². The van der Waals surface area contributed by atoms with Crippen LogP contribution >= 0.6 is 0 Å². The number of rotatable bonds is 3. The lowest BCUT2D eigenvalue weighted by Gasteiger charge is -2.29. The van der Waals surface area contributed by atoms with Crippen molar-refractivity contribution < 1.29 is 5.21 Å². The van der Waals surface area contributed by atoms with Crippen molar-refractivity contribution in [1.29, 1.82) is 0 Å².